The maximum atomic E-state index is 9.22. The van der Waals surface area contributed by atoms with E-state index in [1.807, 2.05) is 0 Å². The van der Waals surface area contributed by atoms with Crippen molar-refractivity contribution in [2.45, 2.75) is 29.0 Å². The van der Waals surface area contributed by atoms with Gasteiger partial charge in [-0.2, -0.15) is 0 Å². The van der Waals surface area contributed by atoms with Crippen molar-refractivity contribution in [1.82, 2.24) is 0 Å². The van der Waals surface area contributed by atoms with Gasteiger partial charge in [-0.3, -0.25) is 0 Å². The molecule has 6 heteroatoms. The van der Waals surface area contributed by atoms with Crippen molar-refractivity contribution >= 4 is 11.8 Å². The van der Waals surface area contributed by atoms with Crippen LogP contribution in [0.4, 0.5) is 0 Å². The van der Waals surface area contributed by atoms with Gasteiger partial charge in [-0.15, -0.1) is 11.8 Å². The maximum absolute atomic E-state index is 9.22. The Bertz CT molecular complexity index is 150. The molecule has 1 heterocycles. The topological polar surface area (TPSA) is 101 Å². The SMILES string of the molecule is OC[C@@H]1S[C@@H](O)[C@@H](O)[C@@H](O)[C@H]1O. The first kappa shape index (κ1) is 10.2. The summed E-state index contributed by atoms with van der Waals surface area (Å²) in [6.45, 7) is -0.341. The predicted molar refractivity (Wildman–Crippen MR) is 42.5 cm³/mol. The Morgan fingerprint density at radius 2 is 1.50 bits per heavy atom. The third kappa shape index (κ3) is 1.73. The molecule has 0 aliphatic carbocycles. The van der Waals surface area contributed by atoms with Crippen molar-refractivity contribution in [2.75, 3.05) is 6.61 Å². The van der Waals surface area contributed by atoms with Crippen LogP contribution in [0.5, 0.6) is 0 Å². The summed E-state index contributed by atoms with van der Waals surface area (Å²) in [5.74, 6) is 0. The fourth-order valence-electron chi connectivity index (χ4n) is 1.08. The van der Waals surface area contributed by atoms with Crippen molar-refractivity contribution in [2.24, 2.45) is 0 Å². The van der Waals surface area contributed by atoms with E-state index in [1.54, 1.807) is 0 Å². The Kier molecular flexibility index (Phi) is 3.33. The maximum Gasteiger partial charge on any atom is 0.128 e. The molecule has 5 nitrogen and oxygen atoms in total. The van der Waals surface area contributed by atoms with E-state index >= 15 is 0 Å². The minimum absolute atomic E-state index is 0.341. The zero-order valence-electron chi connectivity index (χ0n) is 6.24. The summed E-state index contributed by atoms with van der Waals surface area (Å²) in [6, 6.07) is 0. The first-order valence-corrected chi connectivity index (χ1v) is 4.50. The zero-order chi connectivity index (χ0) is 9.30. The third-order valence-corrected chi connectivity index (χ3v) is 3.20. The van der Waals surface area contributed by atoms with Crippen molar-refractivity contribution in [1.29, 1.82) is 0 Å². The highest BCUT2D eigenvalue weighted by molar-refractivity contribution is 8.00. The van der Waals surface area contributed by atoms with Gasteiger partial charge in [0.1, 0.15) is 17.6 Å². The molecule has 1 aliphatic heterocycles. The monoisotopic (exact) mass is 196 g/mol. The van der Waals surface area contributed by atoms with E-state index in [4.69, 9.17) is 20.4 Å². The second kappa shape index (κ2) is 3.91. The first-order valence-electron chi connectivity index (χ1n) is 3.56. The van der Waals surface area contributed by atoms with E-state index < -0.39 is 29.0 Å². The van der Waals surface area contributed by atoms with Gasteiger partial charge in [-0.1, -0.05) is 0 Å². The Morgan fingerprint density at radius 1 is 0.917 bits per heavy atom. The number of hydrogen-bond donors (Lipinski definition) is 5. The highest BCUT2D eigenvalue weighted by Gasteiger charge is 2.42. The van der Waals surface area contributed by atoms with Crippen LogP contribution < -0.4 is 0 Å². The van der Waals surface area contributed by atoms with Crippen LogP contribution >= 0.6 is 11.8 Å². The molecular weight excluding hydrogens is 184 g/mol. The second-order valence-electron chi connectivity index (χ2n) is 2.72. The zero-order valence-corrected chi connectivity index (χ0v) is 7.05. The first-order chi connectivity index (χ1) is 5.57. The molecule has 5 N–H and O–H groups in total. The van der Waals surface area contributed by atoms with Crippen LogP contribution in [-0.2, 0) is 0 Å². The molecule has 1 fully saturated rings. The molecule has 0 unspecified atom stereocenters. The Hall–Kier alpha value is 0.150. The standard InChI is InChI=1S/C6H12O5S/c7-1-2-3(8)4(9)5(10)6(11)12-2/h2-11H,1H2/t2-,3-,4-,5-,6+/m0/s1. The molecule has 1 aliphatic rings. The largest absolute Gasteiger partial charge is 0.395 e. The van der Waals surface area contributed by atoms with Crippen molar-refractivity contribution < 1.29 is 25.5 Å². The number of hydrogen-bond acceptors (Lipinski definition) is 6. The quantitative estimate of drug-likeness (QED) is 0.318. The average molecular weight is 196 g/mol. The van der Waals surface area contributed by atoms with Crippen LogP contribution in [0, 0.1) is 0 Å². The lowest BCUT2D eigenvalue weighted by Gasteiger charge is -2.36. The lowest BCUT2D eigenvalue weighted by molar-refractivity contribution is -0.0953. The Labute approximate surface area is 73.7 Å². The van der Waals surface area contributed by atoms with E-state index in [-0.39, 0.29) is 6.61 Å². The summed E-state index contributed by atoms with van der Waals surface area (Å²) in [6.07, 6.45) is -3.94. The van der Waals surface area contributed by atoms with Gasteiger partial charge >= 0.3 is 0 Å². The van der Waals surface area contributed by atoms with Crippen LogP contribution in [0.15, 0.2) is 0 Å². The van der Waals surface area contributed by atoms with E-state index in [9.17, 15) is 5.11 Å². The normalized spacial score (nSPS) is 49.2. The van der Waals surface area contributed by atoms with Gasteiger partial charge in [0.25, 0.3) is 0 Å². The van der Waals surface area contributed by atoms with Crippen LogP contribution in [-0.4, -0.2) is 61.1 Å². The summed E-state index contributed by atoms with van der Waals surface area (Å²) < 4.78 is 0. The third-order valence-electron chi connectivity index (χ3n) is 1.87. The van der Waals surface area contributed by atoms with E-state index in [0.29, 0.717) is 0 Å². The van der Waals surface area contributed by atoms with Crippen molar-refractivity contribution in [3.8, 4) is 0 Å². The minimum atomic E-state index is -1.39. The molecule has 72 valence electrons. The van der Waals surface area contributed by atoms with Crippen molar-refractivity contribution in [3.05, 3.63) is 0 Å². The highest BCUT2D eigenvalue weighted by atomic mass is 32.2. The second-order valence-corrected chi connectivity index (χ2v) is 4.08. The summed E-state index contributed by atoms with van der Waals surface area (Å²) in [5, 5.41) is 44.6. The van der Waals surface area contributed by atoms with E-state index in [0.717, 1.165) is 11.8 Å². The van der Waals surface area contributed by atoms with Gasteiger partial charge in [0, 0.05) is 0 Å². The number of aliphatic hydroxyl groups excluding tert-OH is 5. The van der Waals surface area contributed by atoms with E-state index in [2.05, 4.69) is 0 Å². The summed E-state index contributed by atoms with van der Waals surface area (Å²) in [5.41, 5.74) is -1.15. The minimum Gasteiger partial charge on any atom is -0.395 e. The van der Waals surface area contributed by atoms with Gasteiger partial charge in [0.2, 0.25) is 0 Å². The molecule has 0 amide bonds. The molecule has 0 bridgehead atoms. The predicted octanol–water partition coefficient (Wildman–Crippen LogP) is -2.50. The van der Waals surface area contributed by atoms with Gasteiger partial charge in [-0.25, -0.2) is 0 Å². The summed E-state index contributed by atoms with van der Waals surface area (Å²) in [4.78, 5) is 0. The average Bonchev–Trinajstić information content (AvgIpc) is 2.08. The molecule has 1 rings (SSSR count). The van der Waals surface area contributed by atoms with Crippen LogP contribution in [0.2, 0.25) is 0 Å². The number of aliphatic hydroxyl groups is 5. The van der Waals surface area contributed by atoms with Crippen LogP contribution in [0.1, 0.15) is 0 Å². The summed E-state index contributed by atoms with van der Waals surface area (Å²) >= 11 is 0.852. The summed E-state index contributed by atoms with van der Waals surface area (Å²) in [7, 11) is 0. The lowest BCUT2D eigenvalue weighted by atomic mass is 10.0. The molecule has 12 heavy (non-hydrogen) atoms. The molecule has 0 aromatic heterocycles. The van der Waals surface area contributed by atoms with Crippen LogP contribution in [0.25, 0.3) is 0 Å². The van der Waals surface area contributed by atoms with Crippen LogP contribution in [0.3, 0.4) is 0 Å². The molecule has 5 atom stereocenters. The van der Waals surface area contributed by atoms with Gasteiger partial charge < -0.3 is 25.5 Å². The number of rotatable bonds is 1. The van der Waals surface area contributed by atoms with Crippen molar-refractivity contribution in [3.63, 3.8) is 0 Å². The fourth-order valence-corrected chi connectivity index (χ4v) is 2.17. The highest BCUT2D eigenvalue weighted by Crippen LogP contribution is 2.30. The number of thioether (sulfide) groups is 1. The lowest BCUT2D eigenvalue weighted by Crippen LogP contribution is -2.53. The molecule has 0 saturated carbocycles. The smallest absolute Gasteiger partial charge is 0.128 e. The van der Waals surface area contributed by atoms with Gasteiger partial charge in [0.15, 0.2) is 0 Å². The molecule has 0 aromatic carbocycles. The van der Waals surface area contributed by atoms with Gasteiger partial charge in [0.05, 0.1) is 18.0 Å². The molecule has 0 radical (unpaired) electrons. The molecule has 0 spiro atoms. The Morgan fingerprint density at radius 3 is 2.00 bits per heavy atom. The van der Waals surface area contributed by atoms with Gasteiger partial charge in [-0.05, 0) is 0 Å². The molecule has 1 saturated heterocycles. The fraction of sp³-hybridized carbons (Fsp3) is 1.00. The molecule has 0 aromatic rings. The molecular formula is C6H12O5S. The van der Waals surface area contributed by atoms with E-state index in [1.165, 1.54) is 0 Å². The Balaban J connectivity index is 2.63.